The summed E-state index contributed by atoms with van der Waals surface area (Å²) in [6.45, 7) is 2.27. The van der Waals surface area contributed by atoms with E-state index >= 15 is 0 Å². The molecule has 1 heterocycles. The molecule has 15 heavy (non-hydrogen) atoms. The minimum atomic E-state index is 0.269. The Kier molecular flexibility index (Phi) is 4.01. The van der Waals surface area contributed by atoms with Gasteiger partial charge in [0.1, 0.15) is 0 Å². The Morgan fingerprint density at radius 2 is 2.13 bits per heavy atom. The Hall–Kier alpha value is -0.570. The zero-order valence-electron chi connectivity index (χ0n) is 9.43. The van der Waals surface area contributed by atoms with E-state index in [0.29, 0.717) is 6.04 Å². The molecule has 2 rings (SSSR count). The SMILES string of the molecule is O=C(CCC1CCCNC1)NC1CCC1. The second kappa shape index (κ2) is 5.50. The minimum absolute atomic E-state index is 0.269. The molecular formula is C12H22N2O. The van der Waals surface area contributed by atoms with Gasteiger partial charge in [0.05, 0.1) is 0 Å². The molecule has 3 nitrogen and oxygen atoms in total. The summed E-state index contributed by atoms with van der Waals surface area (Å²) < 4.78 is 0. The second-order valence-electron chi connectivity index (χ2n) is 4.95. The van der Waals surface area contributed by atoms with Crippen LogP contribution in [0.5, 0.6) is 0 Å². The minimum Gasteiger partial charge on any atom is -0.353 e. The number of hydrogen-bond donors (Lipinski definition) is 2. The van der Waals surface area contributed by atoms with Crippen molar-refractivity contribution in [2.45, 2.75) is 51.0 Å². The Labute approximate surface area is 92.0 Å². The lowest BCUT2D eigenvalue weighted by atomic mass is 9.92. The van der Waals surface area contributed by atoms with E-state index in [1.165, 1.54) is 32.1 Å². The summed E-state index contributed by atoms with van der Waals surface area (Å²) in [5.41, 5.74) is 0. The highest BCUT2D eigenvalue weighted by molar-refractivity contribution is 5.76. The molecule has 0 spiro atoms. The van der Waals surface area contributed by atoms with Gasteiger partial charge < -0.3 is 10.6 Å². The topological polar surface area (TPSA) is 41.1 Å². The molecule has 0 aromatic heterocycles. The highest BCUT2D eigenvalue weighted by Crippen LogP contribution is 2.19. The second-order valence-corrected chi connectivity index (χ2v) is 4.95. The maximum Gasteiger partial charge on any atom is 0.220 e. The number of hydrogen-bond acceptors (Lipinski definition) is 2. The van der Waals surface area contributed by atoms with Crippen LogP contribution < -0.4 is 10.6 Å². The summed E-state index contributed by atoms with van der Waals surface area (Å²) in [7, 11) is 0. The molecule has 0 aromatic carbocycles. The average Bonchev–Trinajstić information content (AvgIpc) is 2.22. The predicted octanol–water partition coefficient (Wildman–Crippen LogP) is 1.43. The van der Waals surface area contributed by atoms with Crippen molar-refractivity contribution in [3.05, 3.63) is 0 Å². The van der Waals surface area contributed by atoms with Gasteiger partial charge in [0.25, 0.3) is 0 Å². The fraction of sp³-hybridized carbons (Fsp3) is 0.917. The summed E-state index contributed by atoms with van der Waals surface area (Å²) in [6, 6.07) is 0.502. The lowest BCUT2D eigenvalue weighted by molar-refractivity contribution is -0.122. The standard InChI is InChI=1S/C12H22N2O/c15-12(14-11-4-1-5-11)7-6-10-3-2-8-13-9-10/h10-11,13H,1-9H2,(H,14,15). The summed E-state index contributed by atoms with van der Waals surface area (Å²) >= 11 is 0. The average molecular weight is 210 g/mol. The van der Waals surface area contributed by atoms with Crippen molar-refractivity contribution in [3.63, 3.8) is 0 Å². The number of amides is 1. The molecule has 0 bridgehead atoms. The number of piperidine rings is 1. The van der Waals surface area contributed by atoms with Gasteiger partial charge in [-0.15, -0.1) is 0 Å². The van der Waals surface area contributed by atoms with Crippen LogP contribution >= 0.6 is 0 Å². The van der Waals surface area contributed by atoms with Crippen LogP contribution in [0.1, 0.15) is 44.9 Å². The first-order valence-electron chi connectivity index (χ1n) is 6.34. The summed E-state index contributed by atoms with van der Waals surface area (Å²) in [5.74, 6) is 0.996. The zero-order chi connectivity index (χ0) is 10.5. The maximum atomic E-state index is 11.6. The van der Waals surface area contributed by atoms with E-state index in [2.05, 4.69) is 10.6 Å². The molecule has 1 unspecified atom stereocenters. The molecule has 2 N–H and O–H groups in total. The quantitative estimate of drug-likeness (QED) is 0.737. The number of carbonyl (C=O) groups excluding carboxylic acids is 1. The van der Waals surface area contributed by atoms with Crippen LogP contribution in [0.25, 0.3) is 0 Å². The molecule has 2 fully saturated rings. The highest BCUT2D eigenvalue weighted by atomic mass is 16.1. The smallest absolute Gasteiger partial charge is 0.220 e. The van der Waals surface area contributed by atoms with Gasteiger partial charge in [0.15, 0.2) is 0 Å². The van der Waals surface area contributed by atoms with Crippen LogP contribution in [0.3, 0.4) is 0 Å². The van der Waals surface area contributed by atoms with E-state index in [4.69, 9.17) is 0 Å². The number of nitrogens with one attached hydrogen (secondary N) is 2. The van der Waals surface area contributed by atoms with E-state index in [-0.39, 0.29) is 5.91 Å². The predicted molar refractivity (Wildman–Crippen MR) is 60.6 cm³/mol. The number of rotatable bonds is 4. The Morgan fingerprint density at radius 1 is 1.27 bits per heavy atom. The van der Waals surface area contributed by atoms with Crippen molar-refractivity contribution in [1.29, 1.82) is 0 Å². The fourth-order valence-corrected chi connectivity index (χ4v) is 2.36. The first-order chi connectivity index (χ1) is 7.34. The molecule has 3 heteroatoms. The molecular weight excluding hydrogens is 188 g/mol. The van der Waals surface area contributed by atoms with Crippen LogP contribution in [-0.2, 0) is 4.79 Å². The summed E-state index contributed by atoms with van der Waals surface area (Å²) in [5, 5.41) is 6.49. The molecule has 1 amide bonds. The molecule has 86 valence electrons. The third-order valence-electron chi connectivity index (χ3n) is 3.65. The van der Waals surface area contributed by atoms with Gasteiger partial charge >= 0.3 is 0 Å². The fourth-order valence-electron chi connectivity index (χ4n) is 2.36. The van der Waals surface area contributed by atoms with E-state index < -0.39 is 0 Å². The first-order valence-corrected chi connectivity index (χ1v) is 6.34. The van der Waals surface area contributed by atoms with Gasteiger partial charge in [0.2, 0.25) is 5.91 Å². The van der Waals surface area contributed by atoms with Gasteiger partial charge in [-0.2, -0.15) is 0 Å². The normalized spacial score (nSPS) is 27.1. The third kappa shape index (κ3) is 3.49. The Bertz CT molecular complexity index is 208. The zero-order valence-corrected chi connectivity index (χ0v) is 9.43. The monoisotopic (exact) mass is 210 g/mol. The van der Waals surface area contributed by atoms with Crippen LogP contribution in [0.4, 0.5) is 0 Å². The molecule has 2 aliphatic rings. The van der Waals surface area contributed by atoms with E-state index in [1.54, 1.807) is 0 Å². The van der Waals surface area contributed by atoms with Crippen LogP contribution in [0, 0.1) is 5.92 Å². The van der Waals surface area contributed by atoms with Crippen LogP contribution in [0.2, 0.25) is 0 Å². The molecule has 1 aliphatic carbocycles. The maximum absolute atomic E-state index is 11.6. The Morgan fingerprint density at radius 3 is 2.73 bits per heavy atom. The van der Waals surface area contributed by atoms with Crippen molar-refractivity contribution < 1.29 is 4.79 Å². The summed E-state index contributed by atoms with van der Waals surface area (Å²) in [4.78, 5) is 11.6. The van der Waals surface area contributed by atoms with Gasteiger partial charge in [-0.3, -0.25) is 4.79 Å². The van der Waals surface area contributed by atoms with Crippen LogP contribution in [-0.4, -0.2) is 25.0 Å². The number of carbonyl (C=O) groups is 1. The van der Waals surface area contributed by atoms with E-state index in [1.807, 2.05) is 0 Å². The molecule has 1 saturated heterocycles. The van der Waals surface area contributed by atoms with Crippen molar-refractivity contribution >= 4 is 5.91 Å². The molecule has 0 radical (unpaired) electrons. The molecule has 0 aromatic rings. The summed E-state index contributed by atoms with van der Waals surface area (Å²) in [6.07, 6.45) is 8.03. The molecule has 1 aliphatic heterocycles. The molecule has 1 atom stereocenters. The highest BCUT2D eigenvalue weighted by Gasteiger charge is 2.20. The van der Waals surface area contributed by atoms with Crippen LogP contribution in [0.15, 0.2) is 0 Å². The third-order valence-corrected chi connectivity index (χ3v) is 3.65. The molecule has 1 saturated carbocycles. The van der Waals surface area contributed by atoms with Crippen molar-refractivity contribution in [3.8, 4) is 0 Å². The van der Waals surface area contributed by atoms with E-state index in [9.17, 15) is 4.79 Å². The van der Waals surface area contributed by atoms with E-state index in [0.717, 1.165) is 31.8 Å². The van der Waals surface area contributed by atoms with Gasteiger partial charge in [0, 0.05) is 12.5 Å². The first kappa shape index (κ1) is 10.9. The van der Waals surface area contributed by atoms with Crippen molar-refractivity contribution in [2.24, 2.45) is 5.92 Å². The largest absolute Gasteiger partial charge is 0.353 e. The van der Waals surface area contributed by atoms with Crippen molar-refractivity contribution in [2.75, 3.05) is 13.1 Å². The lowest BCUT2D eigenvalue weighted by Gasteiger charge is -2.27. The van der Waals surface area contributed by atoms with Crippen molar-refractivity contribution in [1.82, 2.24) is 10.6 Å². The van der Waals surface area contributed by atoms with Gasteiger partial charge in [-0.1, -0.05) is 0 Å². The van der Waals surface area contributed by atoms with Gasteiger partial charge in [-0.25, -0.2) is 0 Å². The van der Waals surface area contributed by atoms with Gasteiger partial charge in [-0.05, 0) is 57.5 Å². The Balaban J connectivity index is 1.57. The lowest BCUT2D eigenvalue weighted by Crippen LogP contribution is -2.39.